The highest BCUT2D eigenvalue weighted by atomic mass is 79.9. The molecule has 1 unspecified atom stereocenters. The Hall–Kier alpha value is -2.16. The number of hydrogen-bond acceptors (Lipinski definition) is 7. The van der Waals surface area contributed by atoms with Gasteiger partial charge < -0.3 is 14.2 Å². The third kappa shape index (κ3) is 6.19. The van der Waals surface area contributed by atoms with Crippen LogP contribution in [0.5, 0.6) is 5.75 Å². The van der Waals surface area contributed by atoms with Crippen LogP contribution in [0.2, 0.25) is 0 Å². The molecule has 0 heterocycles. The summed E-state index contributed by atoms with van der Waals surface area (Å²) in [4.78, 5) is 34.9. The number of rotatable bonds is 11. The number of alkyl halides is 1. The lowest BCUT2D eigenvalue weighted by Gasteiger charge is -2.24. The van der Waals surface area contributed by atoms with E-state index in [1.54, 1.807) is 26.8 Å². The summed E-state index contributed by atoms with van der Waals surface area (Å²) in [5.74, 6) is -0.778. The minimum Gasteiger partial charge on any atom is -0.494 e. The second kappa shape index (κ2) is 11.0. The Kier molecular flexibility index (Phi) is 9.37. The predicted octanol–water partition coefficient (Wildman–Crippen LogP) is 4.34. The van der Waals surface area contributed by atoms with E-state index in [-0.39, 0.29) is 36.8 Å². The molecular formula is C19H26BrNO7. The summed E-state index contributed by atoms with van der Waals surface area (Å²) in [6.07, 6.45) is 0.587. The van der Waals surface area contributed by atoms with Crippen molar-refractivity contribution < 1.29 is 28.7 Å². The normalized spacial score (nSPS) is 12.2. The number of esters is 2. The number of ether oxygens (including phenoxy) is 3. The molecule has 9 heteroatoms. The average molecular weight is 460 g/mol. The van der Waals surface area contributed by atoms with Crippen molar-refractivity contribution in [2.24, 2.45) is 5.41 Å². The van der Waals surface area contributed by atoms with Crippen LogP contribution in [0.15, 0.2) is 18.2 Å². The summed E-state index contributed by atoms with van der Waals surface area (Å²) in [6, 6.07) is 4.52. The zero-order valence-electron chi connectivity index (χ0n) is 16.5. The van der Waals surface area contributed by atoms with Crippen LogP contribution >= 0.6 is 15.9 Å². The molecule has 156 valence electrons. The Morgan fingerprint density at radius 2 is 1.79 bits per heavy atom. The first-order chi connectivity index (χ1) is 13.2. The summed E-state index contributed by atoms with van der Waals surface area (Å²) in [5.41, 5.74) is -0.889. The highest BCUT2D eigenvalue weighted by molar-refractivity contribution is 9.09. The van der Waals surface area contributed by atoms with Crippen LogP contribution in [-0.4, -0.2) is 36.7 Å². The molecule has 0 bridgehead atoms. The molecular weight excluding hydrogens is 434 g/mol. The zero-order chi connectivity index (χ0) is 21.3. The van der Waals surface area contributed by atoms with Crippen molar-refractivity contribution >= 4 is 33.6 Å². The molecule has 0 saturated carbocycles. The maximum Gasteiger partial charge on any atom is 0.323 e. The Bertz CT molecular complexity index is 688. The summed E-state index contributed by atoms with van der Waals surface area (Å²) in [7, 11) is 0. The molecule has 1 aromatic carbocycles. The monoisotopic (exact) mass is 459 g/mol. The molecule has 0 aromatic heterocycles. The molecule has 0 aliphatic rings. The lowest BCUT2D eigenvalue weighted by Crippen LogP contribution is -2.39. The molecule has 0 radical (unpaired) electrons. The molecule has 28 heavy (non-hydrogen) atoms. The number of carbonyl (C=O) groups is 2. The summed E-state index contributed by atoms with van der Waals surface area (Å²) in [5, 5.41) is 11.1. The van der Waals surface area contributed by atoms with Crippen molar-refractivity contribution in [2.45, 2.75) is 45.4 Å². The van der Waals surface area contributed by atoms with Gasteiger partial charge in [-0.3, -0.25) is 19.7 Å². The standard InChI is InChI=1S/C19H26BrNO7/c1-5-26-17(22)19(4,18(23)27-6-2)10-7-11-28-14-8-9-16(21(24)25)15(12-14)13(3)20/h8-9,12-13H,5-7,10-11H2,1-4H3. The van der Waals surface area contributed by atoms with Gasteiger partial charge in [-0.25, -0.2) is 0 Å². The van der Waals surface area contributed by atoms with Crippen molar-refractivity contribution in [1.29, 1.82) is 0 Å². The molecule has 0 aliphatic carbocycles. The highest BCUT2D eigenvalue weighted by Gasteiger charge is 2.43. The van der Waals surface area contributed by atoms with Crippen molar-refractivity contribution in [2.75, 3.05) is 19.8 Å². The van der Waals surface area contributed by atoms with Crippen LogP contribution < -0.4 is 4.74 Å². The van der Waals surface area contributed by atoms with Crippen LogP contribution in [0.3, 0.4) is 0 Å². The van der Waals surface area contributed by atoms with Crippen LogP contribution in [0, 0.1) is 15.5 Å². The fourth-order valence-electron chi connectivity index (χ4n) is 2.59. The molecule has 1 aromatic rings. The number of nitro benzene ring substituents is 1. The van der Waals surface area contributed by atoms with E-state index in [0.29, 0.717) is 17.7 Å². The van der Waals surface area contributed by atoms with E-state index in [0.717, 1.165) is 0 Å². The molecule has 0 N–H and O–H groups in total. The lowest BCUT2D eigenvalue weighted by atomic mass is 9.85. The van der Waals surface area contributed by atoms with Gasteiger partial charge in [0.1, 0.15) is 5.75 Å². The molecule has 0 saturated heterocycles. The van der Waals surface area contributed by atoms with Gasteiger partial charge in [0.25, 0.3) is 5.69 Å². The summed E-state index contributed by atoms with van der Waals surface area (Å²) < 4.78 is 15.7. The molecule has 1 rings (SSSR count). The molecule has 0 aliphatic heterocycles. The highest BCUT2D eigenvalue weighted by Crippen LogP contribution is 2.34. The van der Waals surface area contributed by atoms with Crippen LogP contribution in [-0.2, 0) is 19.1 Å². The van der Waals surface area contributed by atoms with Gasteiger partial charge in [0, 0.05) is 16.5 Å². The van der Waals surface area contributed by atoms with Gasteiger partial charge in [0.15, 0.2) is 5.41 Å². The van der Waals surface area contributed by atoms with Crippen LogP contribution in [0.25, 0.3) is 0 Å². The van der Waals surface area contributed by atoms with E-state index in [1.165, 1.54) is 19.1 Å². The fraction of sp³-hybridized carbons (Fsp3) is 0.579. The van der Waals surface area contributed by atoms with E-state index in [4.69, 9.17) is 14.2 Å². The first-order valence-electron chi connectivity index (χ1n) is 9.07. The number of halogens is 1. The van der Waals surface area contributed by atoms with Gasteiger partial charge in [-0.1, -0.05) is 15.9 Å². The number of carbonyl (C=O) groups excluding carboxylic acids is 2. The first kappa shape index (κ1) is 23.9. The van der Waals surface area contributed by atoms with Gasteiger partial charge in [-0.2, -0.15) is 0 Å². The maximum atomic E-state index is 12.2. The van der Waals surface area contributed by atoms with E-state index in [9.17, 15) is 19.7 Å². The van der Waals surface area contributed by atoms with Gasteiger partial charge >= 0.3 is 11.9 Å². The lowest BCUT2D eigenvalue weighted by molar-refractivity contribution is -0.385. The van der Waals surface area contributed by atoms with Gasteiger partial charge in [0.2, 0.25) is 0 Å². The molecule has 0 fully saturated rings. The number of hydrogen-bond donors (Lipinski definition) is 0. The molecule has 0 amide bonds. The smallest absolute Gasteiger partial charge is 0.323 e. The third-order valence-electron chi connectivity index (χ3n) is 4.17. The Balaban J connectivity index is 2.78. The van der Waals surface area contributed by atoms with Gasteiger partial charge in [-0.15, -0.1) is 0 Å². The van der Waals surface area contributed by atoms with Crippen molar-refractivity contribution in [3.63, 3.8) is 0 Å². The second-order valence-corrected chi connectivity index (χ2v) is 7.69. The summed E-state index contributed by atoms with van der Waals surface area (Å²) in [6.45, 7) is 7.19. The van der Waals surface area contributed by atoms with Gasteiger partial charge in [-0.05, 0) is 52.7 Å². The van der Waals surface area contributed by atoms with E-state index in [2.05, 4.69) is 15.9 Å². The molecule has 0 spiro atoms. The minimum atomic E-state index is -1.40. The molecule has 1 atom stereocenters. The zero-order valence-corrected chi connectivity index (χ0v) is 18.1. The van der Waals surface area contributed by atoms with E-state index >= 15 is 0 Å². The Morgan fingerprint density at radius 1 is 1.21 bits per heavy atom. The van der Waals surface area contributed by atoms with E-state index in [1.807, 2.05) is 0 Å². The van der Waals surface area contributed by atoms with Crippen molar-refractivity contribution in [1.82, 2.24) is 0 Å². The van der Waals surface area contributed by atoms with Crippen molar-refractivity contribution in [3.8, 4) is 5.75 Å². The second-order valence-electron chi connectivity index (χ2n) is 6.32. The van der Waals surface area contributed by atoms with E-state index < -0.39 is 22.3 Å². The quantitative estimate of drug-likeness (QED) is 0.121. The predicted molar refractivity (Wildman–Crippen MR) is 107 cm³/mol. The number of benzene rings is 1. The fourth-order valence-corrected chi connectivity index (χ4v) is 2.96. The van der Waals surface area contributed by atoms with Gasteiger partial charge in [0.05, 0.1) is 24.7 Å². The molecule has 8 nitrogen and oxygen atoms in total. The Morgan fingerprint density at radius 3 is 2.25 bits per heavy atom. The topological polar surface area (TPSA) is 105 Å². The first-order valence-corrected chi connectivity index (χ1v) is 9.98. The Labute approximate surface area is 172 Å². The largest absolute Gasteiger partial charge is 0.494 e. The van der Waals surface area contributed by atoms with Crippen molar-refractivity contribution in [3.05, 3.63) is 33.9 Å². The maximum absolute atomic E-state index is 12.2. The SMILES string of the molecule is CCOC(=O)C(C)(CCCOc1ccc([N+](=O)[O-])c(C(C)Br)c1)C(=O)OCC. The number of nitro groups is 1. The summed E-state index contributed by atoms with van der Waals surface area (Å²) >= 11 is 3.34. The minimum absolute atomic E-state index is 0.00826. The average Bonchev–Trinajstić information content (AvgIpc) is 2.64. The third-order valence-corrected chi connectivity index (χ3v) is 4.66. The van der Waals surface area contributed by atoms with Crippen LogP contribution in [0.4, 0.5) is 5.69 Å². The van der Waals surface area contributed by atoms with Crippen LogP contribution in [0.1, 0.15) is 50.9 Å². The number of nitrogens with zero attached hydrogens (tertiary/aromatic N) is 1.